The summed E-state index contributed by atoms with van der Waals surface area (Å²) in [4.78, 5) is 0. The van der Waals surface area contributed by atoms with Gasteiger partial charge in [0.2, 0.25) is 0 Å². The SMILES string of the molecule is CCCNC(Cc1cc(F)ccc1F)c1ccccc1. The van der Waals surface area contributed by atoms with Gasteiger partial charge in [-0.25, -0.2) is 8.78 Å². The van der Waals surface area contributed by atoms with Crippen molar-refractivity contribution in [3.05, 3.63) is 71.3 Å². The van der Waals surface area contributed by atoms with Crippen LogP contribution in [0.5, 0.6) is 0 Å². The normalized spacial score (nSPS) is 12.3. The fourth-order valence-corrected chi connectivity index (χ4v) is 2.23. The first-order chi connectivity index (χ1) is 9.70. The molecule has 1 N–H and O–H groups in total. The molecule has 0 saturated carbocycles. The van der Waals surface area contributed by atoms with Crippen LogP contribution in [0.2, 0.25) is 0 Å². The Kier molecular flexibility index (Phi) is 5.24. The Bertz CT molecular complexity index is 540. The maximum atomic E-state index is 13.8. The zero-order valence-corrected chi connectivity index (χ0v) is 11.6. The molecule has 0 heterocycles. The highest BCUT2D eigenvalue weighted by atomic mass is 19.1. The van der Waals surface area contributed by atoms with E-state index in [1.165, 1.54) is 12.1 Å². The largest absolute Gasteiger partial charge is 0.310 e. The van der Waals surface area contributed by atoms with Gasteiger partial charge in [-0.05, 0) is 48.7 Å². The molecule has 0 amide bonds. The lowest BCUT2D eigenvalue weighted by Gasteiger charge is -2.19. The minimum atomic E-state index is -0.399. The van der Waals surface area contributed by atoms with Crippen LogP contribution in [0.25, 0.3) is 0 Å². The Hall–Kier alpha value is -1.74. The number of hydrogen-bond donors (Lipinski definition) is 1. The van der Waals surface area contributed by atoms with E-state index in [0.29, 0.717) is 12.0 Å². The number of rotatable bonds is 6. The second kappa shape index (κ2) is 7.15. The van der Waals surface area contributed by atoms with Gasteiger partial charge in [0.25, 0.3) is 0 Å². The molecule has 20 heavy (non-hydrogen) atoms. The topological polar surface area (TPSA) is 12.0 Å². The third-order valence-corrected chi connectivity index (χ3v) is 3.27. The number of nitrogens with one attached hydrogen (secondary N) is 1. The van der Waals surface area contributed by atoms with Gasteiger partial charge in [0.05, 0.1) is 0 Å². The van der Waals surface area contributed by atoms with E-state index >= 15 is 0 Å². The van der Waals surface area contributed by atoms with Gasteiger partial charge in [0.1, 0.15) is 11.6 Å². The first kappa shape index (κ1) is 14.7. The Morgan fingerprint density at radius 1 is 1.05 bits per heavy atom. The van der Waals surface area contributed by atoms with Crippen molar-refractivity contribution in [2.75, 3.05) is 6.54 Å². The fraction of sp³-hybridized carbons (Fsp3) is 0.294. The van der Waals surface area contributed by atoms with Crippen LogP contribution in [-0.4, -0.2) is 6.54 Å². The molecule has 0 fully saturated rings. The second-order valence-electron chi connectivity index (χ2n) is 4.86. The lowest BCUT2D eigenvalue weighted by molar-refractivity contribution is 0.508. The van der Waals surface area contributed by atoms with Crippen molar-refractivity contribution in [1.29, 1.82) is 0 Å². The number of benzene rings is 2. The van der Waals surface area contributed by atoms with Crippen LogP contribution < -0.4 is 5.32 Å². The summed E-state index contributed by atoms with van der Waals surface area (Å²) in [5, 5.41) is 3.39. The van der Waals surface area contributed by atoms with E-state index in [9.17, 15) is 8.78 Å². The summed E-state index contributed by atoms with van der Waals surface area (Å²) in [6.07, 6.45) is 1.43. The van der Waals surface area contributed by atoms with Gasteiger partial charge in [-0.15, -0.1) is 0 Å². The molecule has 1 unspecified atom stereocenters. The molecule has 0 bridgehead atoms. The van der Waals surface area contributed by atoms with Gasteiger partial charge in [-0.3, -0.25) is 0 Å². The summed E-state index contributed by atoms with van der Waals surface area (Å²) >= 11 is 0. The lowest BCUT2D eigenvalue weighted by Crippen LogP contribution is -2.24. The molecule has 0 aliphatic heterocycles. The van der Waals surface area contributed by atoms with Gasteiger partial charge < -0.3 is 5.32 Å². The monoisotopic (exact) mass is 275 g/mol. The van der Waals surface area contributed by atoms with Gasteiger partial charge in [-0.1, -0.05) is 37.3 Å². The maximum Gasteiger partial charge on any atom is 0.126 e. The average Bonchev–Trinajstić information content (AvgIpc) is 2.48. The van der Waals surface area contributed by atoms with Crippen LogP contribution in [0.15, 0.2) is 48.5 Å². The van der Waals surface area contributed by atoms with E-state index in [0.717, 1.165) is 24.6 Å². The highest BCUT2D eigenvalue weighted by molar-refractivity contribution is 5.25. The molecule has 2 aromatic carbocycles. The zero-order chi connectivity index (χ0) is 14.4. The zero-order valence-electron chi connectivity index (χ0n) is 11.6. The molecule has 106 valence electrons. The molecule has 0 saturated heterocycles. The van der Waals surface area contributed by atoms with Crippen molar-refractivity contribution in [2.24, 2.45) is 0 Å². The first-order valence-corrected chi connectivity index (χ1v) is 6.93. The van der Waals surface area contributed by atoms with Gasteiger partial charge in [-0.2, -0.15) is 0 Å². The molecule has 3 heteroatoms. The Morgan fingerprint density at radius 3 is 2.50 bits per heavy atom. The molecule has 0 spiro atoms. The van der Waals surface area contributed by atoms with E-state index in [1.807, 2.05) is 30.3 Å². The molecule has 0 aliphatic carbocycles. The van der Waals surface area contributed by atoms with E-state index in [1.54, 1.807) is 0 Å². The molecule has 0 aromatic heterocycles. The summed E-state index contributed by atoms with van der Waals surface area (Å²) in [7, 11) is 0. The van der Waals surface area contributed by atoms with E-state index < -0.39 is 5.82 Å². The smallest absolute Gasteiger partial charge is 0.126 e. The molecular weight excluding hydrogens is 256 g/mol. The Morgan fingerprint density at radius 2 is 1.80 bits per heavy atom. The average molecular weight is 275 g/mol. The predicted octanol–water partition coefficient (Wildman–Crippen LogP) is 4.25. The summed E-state index contributed by atoms with van der Waals surface area (Å²) in [6, 6.07) is 13.5. The van der Waals surface area contributed by atoms with Gasteiger partial charge in [0, 0.05) is 6.04 Å². The summed E-state index contributed by atoms with van der Waals surface area (Å²) in [5.74, 6) is -0.755. The maximum absolute atomic E-state index is 13.8. The standard InChI is InChI=1S/C17H19F2N/c1-2-10-20-17(13-6-4-3-5-7-13)12-14-11-15(18)8-9-16(14)19/h3-9,11,17,20H,2,10,12H2,1H3. The molecule has 2 rings (SSSR count). The van der Waals surface area contributed by atoms with Crippen LogP contribution in [0.1, 0.15) is 30.5 Å². The summed E-state index contributed by atoms with van der Waals surface area (Å²) in [5.41, 5.74) is 1.49. The summed E-state index contributed by atoms with van der Waals surface area (Å²) < 4.78 is 27.0. The highest BCUT2D eigenvalue weighted by Crippen LogP contribution is 2.21. The molecule has 1 nitrogen and oxygen atoms in total. The van der Waals surface area contributed by atoms with E-state index in [2.05, 4.69) is 12.2 Å². The third-order valence-electron chi connectivity index (χ3n) is 3.27. The quantitative estimate of drug-likeness (QED) is 0.831. The van der Waals surface area contributed by atoms with E-state index in [4.69, 9.17) is 0 Å². The highest BCUT2D eigenvalue weighted by Gasteiger charge is 2.14. The number of halogens is 2. The van der Waals surface area contributed by atoms with Crippen LogP contribution in [-0.2, 0) is 6.42 Å². The van der Waals surface area contributed by atoms with E-state index in [-0.39, 0.29) is 11.9 Å². The first-order valence-electron chi connectivity index (χ1n) is 6.93. The van der Waals surface area contributed by atoms with Gasteiger partial charge in [0.15, 0.2) is 0 Å². The molecule has 0 aliphatic rings. The van der Waals surface area contributed by atoms with Crippen LogP contribution in [0, 0.1) is 11.6 Å². The molecule has 0 radical (unpaired) electrons. The van der Waals surface area contributed by atoms with Crippen molar-refractivity contribution in [1.82, 2.24) is 5.32 Å². The predicted molar refractivity (Wildman–Crippen MR) is 77.5 cm³/mol. The number of hydrogen-bond acceptors (Lipinski definition) is 1. The molecular formula is C17H19F2N. The Balaban J connectivity index is 2.21. The van der Waals surface area contributed by atoms with Crippen molar-refractivity contribution in [3.63, 3.8) is 0 Å². The molecule has 2 aromatic rings. The Labute approximate surface area is 118 Å². The van der Waals surface area contributed by atoms with Crippen molar-refractivity contribution >= 4 is 0 Å². The van der Waals surface area contributed by atoms with Crippen molar-refractivity contribution < 1.29 is 8.78 Å². The lowest BCUT2D eigenvalue weighted by atomic mass is 9.98. The fourth-order valence-electron chi connectivity index (χ4n) is 2.23. The van der Waals surface area contributed by atoms with Crippen molar-refractivity contribution in [2.45, 2.75) is 25.8 Å². The van der Waals surface area contributed by atoms with Crippen molar-refractivity contribution in [3.8, 4) is 0 Å². The van der Waals surface area contributed by atoms with Crippen LogP contribution in [0.3, 0.4) is 0 Å². The minimum Gasteiger partial charge on any atom is -0.310 e. The van der Waals surface area contributed by atoms with Crippen LogP contribution >= 0.6 is 0 Å². The summed E-state index contributed by atoms with van der Waals surface area (Å²) in [6.45, 7) is 2.92. The van der Waals surface area contributed by atoms with Crippen LogP contribution in [0.4, 0.5) is 8.78 Å². The minimum absolute atomic E-state index is 0.00699. The van der Waals surface area contributed by atoms with Gasteiger partial charge >= 0.3 is 0 Å². The molecule has 1 atom stereocenters. The third kappa shape index (κ3) is 3.87. The second-order valence-corrected chi connectivity index (χ2v) is 4.86.